The van der Waals surface area contributed by atoms with Crippen molar-refractivity contribution in [1.82, 2.24) is 15.0 Å². The number of morpholine rings is 1. The second-order valence-corrected chi connectivity index (χ2v) is 6.99. The van der Waals surface area contributed by atoms with Crippen LogP contribution in [0.15, 0.2) is 10.6 Å². The number of likely N-dealkylation sites (tertiary alicyclic amines) is 1. The van der Waals surface area contributed by atoms with E-state index in [1.165, 1.54) is 0 Å². The Labute approximate surface area is 141 Å². The Kier molecular flexibility index (Phi) is 4.56. The van der Waals surface area contributed by atoms with Crippen molar-refractivity contribution < 1.29 is 18.8 Å². The summed E-state index contributed by atoms with van der Waals surface area (Å²) in [5, 5.41) is 3.90. The Morgan fingerprint density at radius 2 is 2.08 bits per heavy atom. The fraction of sp³-hybridized carbons (Fsp3) is 0.765. The van der Waals surface area contributed by atoms with E-state index in [1.54, 1.807) is 6.07 Å². The molecule has 24 heavy (non-hydrogen) atoms. The molecule has 0 saturated carbocycles. The number of nitrogens with zero attached hydrogens (tertiary/aromatic N) is 3. The Morgan fingerprint density at radius 1 is 1.25 bits per heavy atom. The molecule has 0 bridgehead atoms. The van der Waals surface area contributed by atoms with Gasteiger partial charge >= 0.3 is 0 Å². The smallest absolute Gasteiger partial charge is 0.276 e. The van der Waals surface area contributed by atoms with Gasteiger partial charge in [-0.05, 0) is 19.8 Å². The molecule has 7 heteroatoms. The molecule has 132 valence electrons. The van der Waals surface area contributed by atoms with Crippen molar-refractivity contribution in [1.29, 1.82) is 0 Å². The van der Waals surface area contributed by atoms with E-state index in [-0.39, 0.29) is 18.1 Å². The number of aryl methyl sites for hydroxylation is 1. The number of aromatic nitrogens is 1. The number of carbonyl (C=O) groups is 1. The summed E-state index contributed by atoms with van der Waals surface area (Å²) < 4.78 is 16.7. The summed E-state index contributed by atoms with van der Waals surface area (Å²) in [4.78, 5) is 17.2. The minimum absolute atomic E-state index is 0.0332. The van der Waals surface area contributed by atoms with Gasteiger partial charge < -0.3 is 18.9 Å². The first-order valence-corrected chi connectivity index (χ1v) is 8.88. The average Bonchev–Trinajstić information content (AvgIpc) is 3.07. The Hall–Kier alpha value is -1.44. The highest BCUT2D eigenvalue weighted by Crippen LogP contribution is 2.32. The number of ether oxygens (including phenoxy) is 2. The maximum Gasteiger partial charge on any atom is 0.276 e. The van der Waals surface area contributed by atoms with Crippen molar-refractivity contribution in [3.63, 3.8) is 0 Å². The van der Waals surface area contributed by atoms with E-state index < -0.39 is 0 Å². The maximum absolute atomic E-state index is 12.8. The monoisotopic (exact) mass is 335 g/mol. The van der Waals surface area contributed by atoms with Gasteiger partial charge in [0.25, 0.3) is 5.91 Å². The number of carbonyl (C=O) groups excluding carboxylic acids is 1. The molecule has 3 atom stereocenters. The summed E-state index contributed by atoms with van der Waals surface area (Å²) in [6.07, 6.45) is 2.41. The van der Waals surface area contributed by atoms with Crippen LogP contribution in [0.2, 0.25) is 0 Å². The number of amides is 1. The molecule has 1 amide bonds. The van der Waals surface area contributed by atoms with Crippen LogP contribution in [0.4, 0.5) is 0 Å². The van der Waals surface area contributed by atoms with E-state index in [4.69, 9.17) is 14.0 Å². The molecule has 3 saturated heterocycles. The fourth-order valence-corrected chi connectivity index (χ4v) is 4.20. The summed E-state index contributed by atoms with van der Waals surface area (Å²) in [5.41, 5.74) is 0.406. The molecule has 1 aromatic heterocycles. The molecule has 0 aliphatic carbocycles. The Morgan fingerprint density at radius 3 is 2.83 bits per heavy atom. The van der Waals surface area contributed by atoms with Crippen molar-refractivity contribution in [2.45, 2.75) is 31.9 Å². The number of piperidine rings is 1. The first-order chi connectivity index (χ1) is 11.7. The SMILES string of the molecule is Cc1cc(C(=O)N2C[C@@H]3CCCO[C@@H]3[C@H](N3CCOCC3)C2)no1. The standard InChI is InChI=1S/C17H25N3O4/c1-12-9-14(18-24-12)17(21)20-10-13-3-2-6-23-16(13)15(11-20)19-4-7-22-8-5-19/h9,13,15-16H,2-8,10-11H2,1H3/t13-,15+,16-/m0/s1. The summed E-state index contributed by atoms with van der Waals surface area (Å²) in [7, 11) is 0. The maximum atomic E-state index is 12.8. The lowest BCUT2D eigenvalue weighted by Crippen LogP contribution is -2.63. The van der Waals surface area contributed by atoms with Crippen LogP contribution in [-0.4, -0.2) is 79.0 Å². The molecule has 7 nitrogen and oxygen atoms in total. The van der Waals surface area contributed by atoms with Gasteiger partial charge in [0.1, 0.15) is 5.76 Å². The number of rotatable bonds is 2. The fourth-order valence-electron chi connectivity index (χ4n) is 4.20. The summed E-state index contributed by atoms with van der Waals surface area (Å²) in [6, 6.07) is 1.96. The van der Waals surface area contributed by atoms with Crippen LogP contribution in [0.3, 0.4) is 0 Å². The van der Waals surface area contributed by atoms with Gasteiger partial charge in [0, 0.05) is 44.8 Å². The number of hydrogen-bond acceptors (Lipinski definition) is 6. The molecule has 4 heterocycles. The largest absolute Gasteiger partial charge is 0.379 e. The molecule has 0 unspecified atom stereocenters. The summed E-state index contributed by atoms with van der Waals surface area (Å²) in [6.45, 7) is 7.39. The molecule has 0 aromatic carbocycles. The van der Waals surface area contributed by atoms with Gasteiger partial charge in [0.2, 0.25) is 0 Å². The van der Waals surface area contributed by atoms with Crippen molar-refractivity contribution in [2.75, 3.05) is 46.0 Å². The molecule has 4 rings (SSSR count). The quantitative estimate of drug-likeness (QED) is 0.801. The zero-order valence-corrected chi connectivity index (χ0v) is 14.1. The van der Waals surface area contributed by atoms with Crippen molar-refractivity contribution in [3.8, 4) is 0 Å². The van der Waals surface area contributed by atoms with Gasteiger partial charge in [-0.1, -0.05) is 5.16 Å². The first kappa shape index (κ1) is 16.1. The van der Waals surface area contributed by atoms with Crippen LogP contribution < -0.4 is 0 Å². The highest BCUT2D eigenvalue weighted by Gasteiger charge is 2.43. The van der Waals surface area contributed by atoms with Gasteiger partial charge in [0.15, 0.2) is 5.69 Å². The molecule has 0 N–H and O–H groups in total. The topological polar surface area (TPSA) is 68.0 Å². The van der Waals surface area contributed by atoms with Crippen LogP contribution in [-0.2, 0) is 9.47 Å². The summed E-state index contributed by atoms with van der Waals surface area (Å²) in [5.74, 6) is 1.03. The normalized spacial score (nSPS) is 31.7. The van der Waals surface area contributed by atoms with E-state index in [2.05, 4.69) is 10.1 Å². The van der Waals surface area contributed by atoms with Crippen molar-refractivity contribution >= 4 is 5.91 Å². The van der Waals surface area contributed by atoms with Gasteiger partial charge in [-0.15, -0.1) is 0 Å². The van der Waals surface area contributed by atoms with E-state index in [0.717, 1.165) is 52.3 Å². The lowest BCUT2D eigenvalue weighted by atomic mass is 9.84. The van der Waals surface area contributed by atoms with E-state index in [1.807, 2.05) is 11.8 Å². The zero-order chi connectivity index (χ0) is 16.5. The van der Waals surface area contributed by atoms with E-state index in [9.17, 15) is 4.79 Å². The molecular formula is C17H25N3O4. The number of fused-ring (bicyclic) bond motifs is 1. The third-order valence-electron chi connectivity index (χ3n) is 5.38. The minimum Gasteiger partial charge on any atom is -0.379 e. The van der Waals surface area contributed by atoms with Crippen LogP contribution in [0, 0.1) is 12.8 Å². The Bertz CT molecular complexity index is 584. The van der Waals surface area contributed by atoms with Gasteiger partial charge in [-0.2, -0.15) is 0 Å². The lowest BCUT2D eigenvalue weighted by molar-refractivity contribution is -0.121. The van der Waals surface area contributed by atoms with Crippen LogP contribution in [0.1, 0.15) is 29.1 Å². The molecule has 3 aliphatic heterocycles. The van der Waals surface area contributed by atoms with Crippen LogP contribution in [0.5, 0.6) is 0 Å². The van der Waals surface area contributed by atoms with E-state index >= 15 is 0 Å². The lowest BCUT2D eigenvalue weighted by Gasteiger charge is -2.50. The molecule has 1 aromatic rings. The van der Waals surface area contributed by atoms with Crippen LogP contribution >= 0.6 is 0 Å². The number of hydrogen-bond donors (Lipinski definition) is 0. The molecule has 0 spiro atoms. The highest BCUT2D eigenvalue weighted by atomic mass is 16.5. The third-order valence-corrected chi connectivity index (χ3v) is 5.38. The average molecular weight is 335 g/mol. The Balaban J connectivity index is 1.54. The molecule has 0 radical (unpaired) electrons. The summed E-state index contributed by atoms with van der Waals surface area (Å²) >= 11 is 0. The molecule has 3 aliphatic rings. The van der Waals surface area contributed by atoms with Gasteiger partial charge in [-0.25, -0.2) is 0 Å². The molecular weight excluding hydrogens is 310 g/mol. The van der Waals surface area contributed by atoms with Crippen LogP contribution in [0.25, 0.3) is 0 Å². The van der Waals surface area contributed by atoms with Crippen molar-refractivity contribution in [2.24, 2.45) is 5.92 Å². The van der Waals surface area contributed by atoms with E-state index in [0.29, 0.717) is 23.9 Å². The predicted molar refractivity (Wildman–Crippen MR) is 85.8 cm³/mol. The zero-order valence-electron chi connectivity index (χ0n) is 14.1. The minimum atomic E-state index is -0.0332. The van der Waals surface area contributed by atoms with Gasteiger partial charge in [0.05, 0.1) is 25.4 Å². The van der Waals surface area contributed by atoms with Crippen molar-refractivity contribution in [3.05, 3.63) is 17.5 Å². The first-order valence-electron chi connectivity index (χ1n) is 8.88. The third kappa shape index (κ3) is 3.08. The highest BCUT2D eigenvalue weighted by molar-refractivity contribution is 5.92. The predicted octanol–water partition coefficient (Wildman–Crippen LogP) is 0.935. The molecule has 3 fully saturated rings. The van der Waals surface area contributed by atoms with Gasteiger partial charge in [-0.3, -0.25) is 9.69 Å². The second kappa shape index (κ2) is 6.82. The second-order valence-electron chi connectivity index (χ2n) is 6.99.